The Morgan fingerprint density at radius 1 is 1.17 bits per heavy atom. The number of anilines is 1. The zero-order valence-electron chi connectivity index (χ0n) is 13.0. The maximum absolute atomic E-state index is 13.0. The van der Waals surface area contributed by atoms with Crippen LogP contribution in [0, 0.1) is 6.92 Å². The molecule has 3 rings (SSSR count). The molecule has 0 fully saturated rings. The zero-order chi connectivity index (χ0) is 17.3. The van der Waals surface area contributed by atoms with Crippen LogP contribution in [0.3, 0.4) is 0 Å². The van der Waals surface area contributed by atoms with E-state index in [0.29, 0.717) is 16.3 Å². The largest absolute Gasteiger partial charge is 0.300 e. The van der Waals surface area contributed by atoms with Gasteiger partial charge in [0.1, 0.15) is 0 Å². The van der Waals surface area contributed by atoms with E-state index in [0.717, 1.165) is 5.56 Å². The van der Waals surface area contributed by atoms with Gasteiger partial charge >= 0.3 is 0 Å². The van der Waals surface area contributed by atoms with Crippen molar-refractivity contribution < 1.29 is 13.2 Å². The van der Waals surface area contributed by atoms with E-state index in [1.807, 2.05) is 19.1 Å². The Kier molecular flexibility index (Phi) is 4.47. The van der Waals surface area contributed by atoms with Gasteiger partial charge in [0, 0.05) is 21.7 Å². The summed E-state index contributed by atoms with van der Waals surface area (Å²) in [5.74, 6) is -0.361. The lowest BCUT2D eigenvalue weighted by molar-refractivity contribution is 0.0983. The first kappa shape index (κ1) is 16.7. The minimum atomic E-state index is -3.28. The van der Waals surface area contributed by atoms with E-state index < -0.39 is 15.9 Å². The minimum absolute atomic E-state index is 0.118. The normalized spacial score (nSPS) is 18.5. The van der Waals surface area contributed by atoms with E-state index in [9.17, 15) is 13.2 Å². The van der Waals surface area contributed by atoms with Crippen LogP contribution in [-0.4, -0.2) is 26.1 Å². The second-order valence-electron chi connectivity index (χ2n) is 5.75. The fourth-order valence-corrected chi connectivity index (χ4v) is 4.09. The van der Waals surface area contributed by atoms with Crippen LogP contribution in [0.2, 0.25) is 5.02 Å². The molecule has 0 radical (unpaired) electrons. The summed E-state index contributed by atoms with van der Waals surface area (Å²) in [6, 6.07) is 13.5. The molecule has 24 heavy (non-hydrogen) atoms. The third-order valence-corrected chi connectivity index (χ3v) is 5.46. The Hall–Kier alpha value is -2.11. The monoisotopic (exact) mass is 361 g/mol. The summed E-state index contributed by atoms with van der Waals surface area (Å²) in [7, 11) is -3.28. The smallest absolute Gasteiger partial charge is 0.258 e. The molecule has 0 saturated carbocycles. The van der Waals surface area contributed by atoms with E-state index in [1.165, 1.54) is 10.3 Å². The molecule has 0 unspecified atom stereocenters. The van der Waals surface area contributed by atoms with Crippen LogP contribution in [-0.2, 0) is 9.84 Å². The lowest BCUT2D eigenvalue weighted by Gasteiger charge is -2.28. The van der Waals surface area contributed by atoms with Crippen LogP contribution in [0.25, 0.3) is 0 Å². The van der Waals surface area contributed by atoms with Crippen LogP contribution in [0.5, 0.6) is 0 Å². The van der Waals surface area contributed by atoms with Crippen molar-refractivity contribution in [3.63, 3.8) is 0 Å². The first-order chi connectivity index (χ1) is 11.4. The van der Waals surface area contributed by atoms with Gasteiger partial charge in [-0.3, -0.25) is 4.79 Å². The number of benzene rings is 2. The van der Waals surface area contributed by atoms with Gasteiger partial charge in [-0.15, -0.1) is 0 Å². The number of hydrogen-bond acceptors (Lipinski definition) is 3. The average Bonchev–Trinajstić information content (AvgIpc) is 2.89. The van der Waals surface area contributed by atoms with Crippen molar-refractivity contribution in [1.29, 1.82) is 0 Å². The maximum atomic E-state index is 13.0. The van der Waals surface area contributed by atoms with E-state index in [2.05, 4.69) is 0 Å². The summed E-state index contributed by atoms with van der Waals surface area (Å²) in [6.07, 6.45) is 1.55. The van der Waals surface area contributed by atoms with E-state index in [-0.39, 0.29) is 11.7 Å². The summed E-state index contributed by atoms with van der Waals surface area (Å²) in [6.45, 7) is 1.91. The summed E-state index contributed by atoms with van der Waals surface area (Å²) in [5.41, 5.74) is 2.09. The first-order valence-electron chi connectivity index (χ1n) is 7.42. The molecule has 0 spiro atoms. The zero-order valence-corrected chi connectivity index (χ0v) is 14.6. The highest BCUT2D eigenvalue weighted by molar-refractivity contribution is 7.94. The predicted molar refractivity (Wildman–Crippen MR) is 96.2 cm³/mol. The number of hydrogen-bond donors (Lipinski definition) is 0. The summed E-state index contributed by atoms with van der Waals surface area (Å²) >= 11 is 5.93. The molecule has 124 valence electrons. The van der Waals surface area contributed by atoms with Crippen LogP contribution >= 0.6 is 11.6 Å². The molecule has 0 saturated heterocycles. The molecule has 1 heterocycles. The second-order valence-corrected chi connectivity index (χ2v) is 8.11. The van der Waals surface area contributed by atoms with Crippen molar-refractivity contribution in [2.24, 2.45) is 0 Å². The van der Waals surface area contributed by atoms with Gasteiger partial charge in [-0.2, -0.15) is 0 Å². The Balaban J connectivity index is 2.03. The van der Waals surface area contributed by atoms with E-state index in [4.69, 9.17) is 11.6 Å². The van der Waals surface area contributed by atoms with Crippen LogP contribution < -0.4 is 4.90 Å². The number of aryl methyl sites for hydroxylation is 1. The molecule has 6 heteroatoms. The molecule has 4 nitrogen and oxygen atoms in total. The first-order valence-corrected chi connectivity index (χ1v) is 9.52. The Morgan fingerprint density at radius 3 is 2.46 bits per heavy atom. The highest BCUT2D eigenvalue weighted by Gasteiger charge is 2.32. The third-order valence-electron chi connectivity index (χ3n) is 3.83. The molecule has 1 amide bonds. The molecule has 0 N–H and O–H groups in total. The number of sulfone groups is 1. The van der Waals surface area contributed by atoms with Gasteiger partial charge in [0.05, 0.1) is 11.8 Å². The summed E-state index contributed by atoms with van der Waals surface area (Å²) < 4.78 is 23.6. The lowest BCUT2D eigenvalue weighted by Crippen LogP contribution is -2.41. The molecular formula is C18H16ClNO3S. The molecule has 1 atom stereocenters. The molecule has 0 bridgehead atoms. The van der Waals surface area contributed by atoms with Crippen LogP contribution in [0.15, 0.2) is 60.0 Å². The third kappa shape index (κ3) is 3.52. The molecule has 2 aromatic carbocycles. The van der Waals surface area contributed by atoms with E-state index >= 15 is 0 Å². The highest BCUT2D eigenvalue weighted by Crippen LogP contribution is 2.26. The van der Waals surface area contributed by atoms with Crippen molar-refractivity contribution in [2.45, 2.75) is 13.0 Å². The number of halogens is 1. The molecular weight excluding hydrogens is 346 g/mol. The maximum Gasteiger partial charge on any atom is 0.258 e. The van der Waals surface area contributed by atoms with Gasteiger partial charge in [-0.25, -0.2) is 8.42 Å². The number of rotatable bonds is 3. The van der Waals surface area contributed by atoms with Gasteiger partial charge in [-0.1, -0.05) is 29.3 Å². The lowest BCUT2D eigenvalue weighted by atomic mass is 10.1. The molecule has 0 aliphatic carbocycles. The number of carbonyl (C=O) groups excluding carboxylic acids is 1. The van der Waals surface area contributed by atoms with Crippen molar-refractivity contribution in [1.82, 2.24) is 0 Å². The van der Waals surface area contributed by atoms with Crippen molar-refractivity contribution >= 4 is 33.0 Å². The van der Waals surface area contributed by atoms with Crippen molar-refractivity contribution in [3.05, 3.63) is 76.2 Å². The van der Waals surface area contributed by atoms with Gasteiger partial charge in [0.15, 0.2) is 9.84 Å². The summed E-state index contributed by atoms with van der Waals surface area (Å²) in [5, 5.41) is 1.72. The predicted octanol–water partition coefficient (Wildman–Crippen LogP) is 3.61. The fraction of sp³-hybridized carbons (Fsp3) is 0.167. The van der Waals surface area contributed by atoms with Crippen LogP contribution in [0.4, 0.5) is 5.69 Å². The van der Waals surface area contributed by atoms with Gasteiger partial charge in [0.2, 0.25) is 0 Å². The Bertz CT molecular complexity index is 904. The SMILES string of the molecule is Cc1cccc(C(=O)N(c2ccc(Cl)cc2)[C@H]2C=CS(=O)(=O)C2)c1. The van der Waals surface area contributed by atoms with Gasteiger partial charge in [-0.05, 0) is 49.4 Å². The standard InChI is InChI=1S/C18H16ClNO3S/c1-13-3-2-4-14(11-13)18(21)20(16-7-5-15(19)6-8-16)17-9-10-24(22,23)12-17/h2-11,17H,12H2,1H3/t17-/m0/s1. The van der Waals surface area contributed by atoms with Gasteiger partial charge in [0.25, 0.3) is 5.91 Å². The molecule has 1 aliphatic heterocycles. The summed E-state index contributed by atoms with van der Waals surface area (Å²) in [4.78, 5) is 14.6. The Labute approximate surface area is 146 Å². The highest BCUT2D eigenvalue weighted by atomic mass is 35.5. The number of carbonyl (C=O) groups is 1. The van der Waals surface area contributed by atoms with Crippen LogP contribution in [0.1, 0.15) is 15.9 Å². The number of amides is 1. The average molecular weight is 362 g/mol. The quantitative estimate of drug-likeness (QED) is 0.839. The minimum Gasteiger partial charge on any atom is -0.300 e. The Morgan fingerprint density at radius 2 is 1.88 bits per heavy atom. The molecule has 0 aromatic heterocycles. The van der Waals surface area contributed by atoms with Gasteiger partial charge < -0.3 is 4.90 Å². The van der Waals surface area contributed by atoms with E-state index in [1.54, 1.807) is 42.5 Å². The fourth-order valence-electron chi connectivity index (χ4n) is 2.70. The second kappa shape index (κ2) is 6.42. The topological polar surface area (TPSA) is 54.5 Å². The van der Waals surface area contributed by atoms with Crippen molar-refractivity contribution in [2.75, 3.05) is 10.7 Å². The number of nitrogens with zero attached hydrogens (tertiary/aromatic N) is 1. The molecule has 2 aromatic rings. The van der Waals surface area contributed by atoms with Crippen molar-refractivity contribution in [3.8, 4) is 0 Å². The molecule has 1 aliphatic rings.